The molecule has 0 spiro atoms. The lowest BCUT2D eigenvalue weighted by Crippen LogP contribution is -2.44. The molecular formula is C16H24F2N2. The summed E-state index contributed by atoms with van der Waals surface area (Å²) >= 11 is 0. The van der Waals surface area contributed by atoms with Crippen molar-refractivity contribution in [3.8, 4) is 0 Å². The Kier molecular flexibility index (Phi) is 5.11. The third kappa shape index (κ3) is 3.55. The molecule has 1 saturated carbocycles. The molecule has 1 aromatic carbocycles. The summed E-state index contributed by atoms with van der Waals surface area (Å²) in [6, 6.07) is 3.81. The molecule has 2 nitrogen and oxygen atoms in total. The molecule has 20 heavy (non-hydrogen) atoms. The summed E-state index contributed by atoms with van der Waals surface area (Å²) in [5.41, 5.74) is 3.37. The van der Waals surface area contributed by atoms with E-state index in [2.05, 4.69) is 19.3 Å². The van der Waals surface area contributed by atoms with Crippen LogP contribution in [0.5, 0.6) is 0 Å². The fraction of sp³-hybridized carbons (Fsp3) is 0.625. The molecule has 0 saturated heterocycles. The zero-order chi connectivity index (χ0) is 14.7. The maximum atomic E-state index is 13.7. The van der Waals surface area contributed by atoms with E-state index in [1.54, 1.807) is 0 Å². The van der Waals surface area contributed by atoms with E-state index >= 15 is 0 Å². The molecule has 2 rings (SSSR count). The van der Waals surface area contributed by atoms with Gasteiger partial charge in [-0.3, -0.25) is 11.3 Å². The molecule has 4 heteroatoms. The molecule has 0 radical (unpaired) electrons. The van der Waals surface area contributed by atoms with Crippen LogP contribution in [0.25, 0.3) is 0 Å². The van der Waals surface area contributed by atoms with Crippen molar-refractivity contribution in [2.24, 2.45) is 23.6 Å². The molecule has 0 aliphatic heterocycles. The highest BCUT2D eigenvalue weighted by Gasteiger charge is 2.30. The van der Waals surface area contributed by atoms with E-state index in [-0.39, 0.29) is 6.04 Å². The highest BCUT2D eigenvalue weighted by atomic mass is 19.1. The molecule has 1 aliphatic rings. The van der Waals surface area contributed by atoms with E-state index in [0.29, 0.717) is 23.8 Å². The van der Waals surface area contributed by atoms with E-state index in [1.807, 2.05) is 0 Å². The Labute approximate surface area is 119 Å². The van der Waals surface area contributed by atoms with Gasteiger partial charge < -0.3 is 0 Å². The topological polar surface area (TPSA) is 38.0 Å². The van der Waals surface area contributed by atoms with E-state index in [4.69, 9.17) is 5.84 Å². The quantitative estimate of drug-likeness (QED) is 0.656. The number of hydrazine groups is 1. The number of hydrogen-bond donors (Lipinski definition) is 2. The minimum absolute atomic E-state index is 0.0462. The van der Waals surface area contributed by atoms with Gasteiger partial charge in [-0.05, 0) is 48.6 Å². The van der Waals surface area contributed by atoms with Crippen LogP contribution in [-0.4, -0.2) is 6.04 Å². The van der Waals surface area contributed by atoms with Crippen molar-refractivity contribution in [3.05, 3.63) is 35.4 Å². The molecule has 4 atom stereocenters. The molecule has 0 heterocycles. The van der Waals surface area contributed by atoms with Gasteiger partial charge in [-0.2, -0.15) is 0 Å². The first-order chi connectivity index (χ1) is 9.51. The Morgan fingerprint density at radius 2 is 2.00 bits per heavy atom. The average Bonchev–Trinajstić information content (AvgIpc) is 2.41. The van der Waals surface area contributed by atoms with Gasteiger partial charge in [0, 0.05) is 12.1 Å². The van der Waals surface area contributed by atoms with Crippen LogP contribution in [0, 0.1) is 29.4 Å². The minimum Gasteiger partial charge on any atom is -0.271 e. The molecule has 0 aromatic heterocycles. The van der Waals surface area contributed by atoms with Crippen molar-refractivity contribution >= 4 is 0 Å². The Balaban J connectivity index is 2.05. The number of benzene rings is 1. The molecule has 4 unspecified atom stereocenters. The first-order valence-corrected chi connectivity index (χ1v) is 7.41. The Morgan fingerprint density at radius 3 is 2.60 bits per heavy atom. The number of rotatable bonds is 4. The first-order valence-electron chi connectivity index (χ1n) is 7.41. The maximum Gasteiger partial charge on any atom is 0.129 e. The number of halogens is 2. The smallest absolute Gasteiger partial charge is 0.129 e. The highest BCUT2D eigenvalue weighted by molar-refractivity contribution is 5.19. The number of nitrogens with two attached hydrogens (primary N) is 1. The second-order valence-electron chi connectivity index (χ2n) is 6.24. The second-order valence-corrected chi connectivity index (χ2v) is 6.24. The highest BCUT2D eigenvalue weighted by Crippen LogP contribution is 2.35. The van der Waals surface area contributed by atoms with Crippen LogP contribution in [0.3, 0.4) is 0 Å². The Hall–Kier alpha value is -1.00. The van der Waals surface area contributed by atoms with E-state index in [9.17, 15) is 8.78 Å². The number of hydrogen-bond acceptors (Lipinski definition) is 2. The van der Waals surface area contributed by atoms with E-state index in [0.717, 1.165) is 24.8 Å². The standard InChI is InChI=1S/C16H24F2N2/c1-10-3-4-13(7-11(10)2)16(20-19)8-12-5-6-14(17)9-15(12)18/h5-6,9-11,13,16,20H,3-4,7-8,19H2,1-2H3. The molecule has 3 N–H and O–H groups in total. The van der Waals surface area contributed by atoms with Crippen molar-refractivity contribution in [2.45, 2.75) is 45.6 Å². The zero-order valence-corrected chi connectivity index (χ0v) is 12.2. The lowest BCUT2D eigenvalue weighted by atomic mass is 9.72. The summed E-state index contributed by atoms with van der Waals surface area (Å²) in [6.07, 6.45) is 3.92. The fourth-order valence-electron chi connectivity index (χ4n) is 3.24. The Morgan fingerprint density at radius 1 is 1.25 bits per heavy atom. The van der Waals surface area contributed by atoms with Gasteiger partial charge in [0.25, 0.3) is 0 Å². The lowest BCUT2D eigenvalue weighted by molar-refractivity contribution is 0.170. The van der Waals surface area contributed by atoms with Crippen molar-refractivity contribution in [2.75, 3.05) is 0 Å². The average molecular weight is 282 g/mol. The molecule has 112 valence electrons. The Bertz CT molecular complexity index is 450. The summed E-state index contributed by atoms with van der Waals surface area (Å²) in [5, 5.41) is 0. The predicted molar refractivity (Wildman–Crippen MR) is 76.8 cm³/mol. The number of nitrogens with one attached hydrogen (secondary N) is 1. The van der Waals surface area contributed by atoms with Crippen molar-refractivity contribution in [3.63, 3.8) is 0 Å². The van der Waals surface area contributed by atoms with Gasteiger partial charge in [-0.15, -0.1) is 0 Å². The van der Waals surface area contributed by atoms with E-state index in [1.165, 1.54) is 18.6 Å². The fourth-order valence-corrected chi connectivity index (χ4v) is 3.24. The minimum atomic E-state index is -0.538. The lowest BCUT2D eigenvalue weighted by Gasteiger charge is -2.36. The summed E-state index contributed by atoms with van der Waals surface area (Å²) in [4.78, 5) is 0. The van der Waals surface area contributed by atoms with Gasteiger partial charge in [0.15, 0.2) is 0 Å². The largest absolute Gasteiger partial charge is 0.271 e. The summed E-state index contributed by atoms with van der Waals surface area (Å²) in [6.45, 7) is 4.55. The molecule has 0 amide bonds. The van der Waals surface area contributed by atoms with Gasteiger partial charge in [0.1, 0.15) is 11.6 Å². The first kappa shape index (κ1) is 15.4. The van der Waals surface area contributed by atoms with Crippen LogP contribution >= 0.6 is 0 Å². The van der Waals surface area contributed by atoms with Gasteiger partial charge in [0.2, 0.25) is 0 Å². The van der Waals surface area contributed by atoms with Crippen LogP contribution < -0.4 is 11.3 Å². The van der Waals surface area contributed by atoms with Crippen molar-refractivity contribution < 1.29 is 8.78 Å². The van der Waals surface area contributed by atoms with Gasteiger partial charge in [0.05, 0.1) is 0 Å². The maximum absolute atomic E-state index is 13.7. The van der Waals surface area contributed by atoms with Crippen LogP contribution in [0.15, 0.2) is 18.2 Å². The van der Waals surface area contributed by atoms with Crippen LogP contribution in [0.2, 0.25) is 0 Å². The van der Waals surface area contributed by atoms with Gasteiger partial charge in [-0.1, -0.05) is 26.3 Å². The van der Waals surface area contributed by atoms with Crippen LogP contribution in [0.1, 0.15) is 38.7 Å². The monoisotopic (exact) mass is 282 g/mol. The molecule has 1 fully saturated rings. The van der Waals surface area contributed by atoms with E-state index < -0.39 is 11.6 Å². The summed E-state index contributed by atoms with van der Waals surface area (Å²) in [7, 11) is 0. The third-order valence-electron chi connectivity index (χ3n) is 4.88. The SMILES string of the molecule is CC1CCC(C(Cc2ccc(F)cc2F)NN)CC1C. The second kappa shape index (κ2) is 6.64. The molecule has 1 aromatic rings. The molecule has 0 bridgehead atoms. The zero-order valence-electron chi connectivity index (χ0n) is 12.2. The van der Waals surface area contributed by atoms with Crippen molar-refractivity contribution in [1.82, 2.24) is 5.43 Å². The third-order valence-corrected chi connectivity index (χ3v) is 4.88. The van der Waals surface area contributed by atoms with Gasteiger partial charge >= 0.3 is 0 Å². The van der Waals surface area contributed by atoms with Gasteiger partial charge in [-0.25, -0.2) is 8.78 Å². The van der Waals surface area contributed by atoms with Crippen LogP contribution in [0.4, 0.5) is 8.78 Å². The molecular weight excluding hydrogens is 258 g/mol. The van der Waals surface area contributed by atoms with Crippen LogP contribution in [-0.2, 0) is 6.42 Å². The normalized spacial score (nSPS) is 28.4. The summed E-state index contributed by atoms with van der Waals surface area (Å²) < 4.78 is 26.7. The summed E-state index contributed by atoms with van der Waals surface area (Å²) in [5.74, 6) is 6.51. The molecule has 1 aliphatic carbocycles. The van der Waals surface area contributed by atoms with Crippen molar-refractivity contribution in [1.29, 1.82) is 0 Å². The predicted octanol–water partition coefficient (Wildman–Crippen LogP) is 3.41.